The summed E-state index contributed by atoms with van der Waals surface area (Å²) in [5.74, 6) is 0.359. The molecule has 1 aliphatic rings. The lowest BCUT2D eigenvalue weighted by Gasteiger charge is -2.34. The molecule has 0 radical (unpaired) electrons. The first kappa shape index (κ1) is 25.5. The van der Waals surface area contributed by atoms with Crippen LogP contribution in [0.25, 0.3) is 22.8 Å². The van der Waals surface area contributed by atoms with Crippen molar-refractivity contribution in [2.75, 3.05) is 13.2 Å². The van der Waals surface area contributed by atoms with E-state index in [1.165, 1.54) is 0 Å². The van der Waals surface area contributed by atoms with Crippen LogP contribution in [0, 0.1) is 0 Å². The van der Waals surface area contributed by atoms with Crippen LogP contribution in [-0.4, -0.2) is 51.8 Å². The highest BCUT2D eigenvalue weighted by Crippen LogP contribution is 2.30. The van der Waals surface area contributed by atoms with Crippen molar-refractivity contribution in [1.82, 2.24) is 25.8 Å². The number of barbiturate groups is 1. The summed E-state index contributed by atoms with van der Waals surface area (Å²) < 4.78 is 22.4. The average molecular weight is 530 g/mol. The van der Waals surface area contributed by atoms with E-state index < -0.39 is 23.4 Å². The van der Waals surface area contributed by atoms with Gasteiger partial charge in [-0.15, -0.1) is 0 Å². The molecule has 2 aromatic carbocycles. The Bertz CT molecular complexity index is 1450. The van der Waals surface area contributed by atoms with Crippen molar-refractivity contribution in [3.05, 3.63) is 73.1 Å². The van der Waals surface area contributed by atoms with Gasteiger partial charge in [0.1, 0.15) is 17.2 Å². The summed E-state index contributed by atoms with van der Waals surface area (Å²) in [5, 5.41) is 8.17. The van der Waals surface area contributed by atoms with Gasteiger partial charge in [0.15, 0.2) is 0 Å². The van der Waals surface area contributed by atoms with Crippen LogP contribution in [0.5, 0.6) is 17.2 Å². The van der Waals surface area contributed by atoms with E-state index in [0.29, 0.717) is 35.4 Å². The van der Waals surface area contributed by atoms with Crippen molar-refractivity contribution in [3.8, 4) is 40.1 Å². The molecule has 4 amide bonds. The molecule has 3 heterocycles. The molecule has 2 aromatic heterocycles. The van der Waals surface area contributed by atoms with E-state index in [1.807, 2.05) is 6.07 Å². The Morgan fingerprint density at radius 1 is 0.872 bits per heavy atom. The summed E-state index contributed by atoms with van der Waals surface area (Å²) in [5.41, 5.74) is -0.487. The molecule has 0 unspecified atom stereocenters. The summed E-state index contributed by atoms with van der Waals surface area (Å²) in [7, 11) is 0. The summed E-state index contributed by atoms with van der Waals surface area (Å²) in [4.78, 5) is 45.3. The molecule has 0 atom stereocenters. The fourth-order valence-corrected chi connectivity index (χ4v) is 3.81. The van der Waals surface area contributed by atoms with Crippen LogP contribution in [0.2, 0.25) is 0 Å². The smallest absolute Gasteiger partial charge is 0.328 e. The molecule has 4 aromatic rings. The number of hydrogen-bond donors (Lipinski definition) is 2. The number of pyridine rings is 1. The van der Waals surface area contributed by atoms with Crippen molar-refractivity contribution < 1.29 is 33.1 Å². The fraction of sp³-hybridized carbons (Fsp3) is 0.185. The molecule has 12 heteroatoms. The standard InChI is InChI=1S/C27H23N5O7/c1-2-36-15-13-27(24(33)30-26(35)31-25(27)34)38-21-11-9-20(10-12-21)37-19-7-5-17(6-8-19)23-29-22(32-39-23)18-4-3-14-28-16-18/h3-12,14,16H,2,13,15H2,1H3,(H2,30,31,33,34,35). The normalized spacial score (nSPS) is 14.4. The number of amides is 4. The zero-order chi connectivity index (χ0) is 27.2. The second-order valence-electron chi connectivity index (χ2n) is 8.38. The third kappa shape index (κ3) is 5.60. The van der Waals surface area contributed by atoms with Crippen LogP contribution in [0.4, 0.5) is 4.79 Å². The van der Waals surface area contributed by atoms with Crippen molar-refractivity contribution >= 4 is 17.8 Å². The number of urea groups is 1. The van der Waals surface area contributed by atoms with E-state index in [1.54, 1.807) is 73.9 Å². The van der Waals surface area contributed by atoms with E-state index in [9.17, 15) is 14.4 Å². The number of nitrogens with one attached hydrogen (secondary N) is 2. The zero-order valence-corrected chi connectivity index (χ0v) is 20.7. The molecular weight excluding hydrogens is 506 g/mol. The van der Waals surface area contributed by atoms with Gasteiger partial charge >= 0.3 is 6.03 Å². The summed E-state index contributed by atoms with van der Waals surface area (Å²) in [6.07, 6.45) is 3.24. The van der Waals surface area contributed by atoms with Crippen LogP contribution in [0.3, 0.4) is 0 Å². The third-order valence-corrected chi connectivity index (χ3v) is 5.79. The minimum atomic E-state index is -1.95. The Morgan fingerprint density at radius 3 is 2.18 bits per heavy atom. The largest absolute Gasteiger partial charge is 0.467 e. The number of ether oxygens (including phenoxy) is 3. The quantitative estimate of drug-likeness (QED) is 0.230. The maximum absolute atomic E-state index is 12.6. The van der Waals surface area contributed by atoms with Crippen LogP contribution in [0.15, 0.2) is 77.6 Å². The van der Waals surface area contributed by atoms with Gasteiger partial charge in [-0.3, -0.25) is 25.2 Å². The Hall–Kier alpha value is -5.10. The number of imide groups is 2. The molecule has 0 saturated carbocycles. The monoisotopic (exact) mass is 529 g/mol. The first-order valence-electron chi connectivity index (χ1n) is 12.0. The van der Waals surface area contributed by atoms with Gasteiger partial charge in [0.25, 0.3) is 23.3 Å². The number of rotatable bonds is 10. The molecular formula is C27H23N5O7. The lowest BCUT2D eigenvalue weighted by Crippen LogP contribution is -2.69. The van der Waals surface area contributed by atoms with Gasteiger partial charge in [-0.05, 0) is 67.6 Å². The van der Waals surface area contributed by atoms with Crippen molar-refractivity contribution in [2.45, 2.75) is 18.9 Å². The number of benzene rings is 2. The molecule has 1 saturated heterocycles. The van der Waals surface area contributed by atoms with Crippen LogP contribution in [0.1, 0.15) is 13.3 Å². The topological polar surface area (TPSA) is 155 Å². The van der Waals surface area contributed by atoms with Crippen LogP contribution < -0.4 is 20.1 Å². The Labute approximate surface area is 222 Å². The molecule has 198 valence electrons. The number of aromatic nitrogens is 3. The number of hydrogen-bond acceptors (Lipinski definition) is 10. The third-order valence-electron chi connectivity index (χ3n) is 5.79. The van der Waals surface area contributed by atoms with Gasteiger partial charge in [0.05, 0.1) is 6.61 Å². The Morgan fingerprint density at radius 2 is 1.54 bits per heavy atom. The molecule has 0 spiro atoms. The molecule has 0 bridgehead atoms. The Kier molecular flexibility index (Phi) is 7.28. The van der Waals surface area contributed by atoms with Crippen LogP contribution >= 0.6 is 0 Å². The van der Waals surface area contributed by atoms with E-state index in [0.717, 1.165) is 5.56 Å². The Balaban J connectivity index is 1.25. The second-order valence-corrected chi connectivity index (χ2v) is 8.38. The van der Waals surface area contributed by atoms with Gasteiger partial charge in [0.2, 0.25) is 5.82 Å². The molecule has 1 fully saturated rings. The lowest BCUT2D eigenvalue weighted by atomic mass is 9.95. The second kappa shape index (κ2) is 11.1. The number of carbonyl (C=O) groups is 3. The van der Waals surface area contributed by atoms with Crippen molar-refractivity contribution in [1.29, 1.82) is 0 Å². The molecule has 0 aliphatic carbocycles. The van der Waals surface area contributed by atoms with Crippen molar-refractivity contribution in [3.63, 3.8) is 0 Å². The van der Waals surface area contributed by atoms with Gasteiger partial charge in [0, 0.05) is 36.5 Å². The van der Waals surface area contributed by atoms with E-state index in [-0.39, 0.29) is 18.8 Å². The maximum atomic E-state index is 12.6. The molecule has 12 nitrogen and oxygen atoms in total. The number of carbonyl (C=O) groups excluding carboxylic acids is 3. The van der Waals surface area contributed by atoms with Gasteiger partial charge in [-0.25, -0.2) is 4.79 Å². The lowest BCUT2D eigenvalue weighted by molar-refractivity contribution is -0.153. The first-order chi connectivity index (χ1) is 19.0. The predicted octanol–water partition coefficient (Wildman–Crippen LogP) is 3.50. The molecule has 39 heavy (non-hydrogen) atoms. The highest BCUT2D eigenvalue weighted by atomic mass is 16.5. The van der Waals surface area contributed by atoms with E-state index >= 15 is 0 Å². The van der Waals surface area contributed by atoms with E-state index in [4.69, 9.17) is 18.7 Å². The van der Waals surface area contributed by atoms with Gasteiger partial charge in [-0.2, -0.15) is 4.98 Å². The van der Waals surface area contributed by atoms with Crippen LogP contribution in [-0.2, 0) is 14.3 Å². The van der Waals surface area contributed by atoms with Crippen molar-refractivity contribution in [2.24, 2.45) is 0 Å². The fourth-order valence-electron chi connectivity index (χ4n) is 3.81. The first-order valence-corrected chi connectivity index (χ1v) is 12.0. The van der Waals surface area contributed by atoms with Gasteiger partial charge in [-0.1, -0.05) is 5.16 Å². The summed E-state index contributed by atoms with van der Waals surface area (Å²) in [6.45, 7) is 2.26. The maximum Gasteiger partial charge on any atom is 0.328 e. The molecule has 1 aliphatic heterocycles. The molecule has 5 rings (SSSR count). The zero-order valence-electron chi connectivity index (χ0n) is 20.7. The van der Waals surface area contributed by atoms with Gasteiger partial charge < -0.3 is 18.7 Å². The number of nitrogens with zero attached hydrogens (tertiary/aromatic N) is 3. The predicted molar refractivity (Wildman–Crippen MR) is 136 cm³/mol. The SMILES string of the molecule is CCOCCC1(Oc2ccc(Oc3ccc(-c4nc(-c5cccnc5)no4)cc3)cc2)C(=O)NC(=O)NC1=O. The summed E-state index contributed by atoms with van der Waals surface area (Å²) in [6, 6.07) is 16.2. The van der Waals surface area contributed by atoms with E-state index in [2.05, 4.69) is 25.8 Å². The minimum absolute atomic E-state index is 0.0804. The highest BCUT2D eigenvalue weighted by Gasteiger charge is 2.52. The minimum Gasteiger partial charge on any atom is -0.467 e. The highest BCUT2D eigenvalue weighted by molar-refractivity contribution is 6.21. The summed E-state index contributed by atoms with van der Waals surface area (Å²) >= 11 is 0. The molecule has 2 N–H and O–H groups in total. The average Bonchev–Trinajstić information content (AvgIpc) is 3.44.